The third-order valence-corrected chi connectivity index (χ3v) is 2.83. The third-order valence-electron chi connectivity index (χ3n) is 2.83. The van der Waals surface area contributed by atoms with Gasteiger partial charge in [0, 0.05) is 0 Å². The highest BCUT2D eigenvalue weighted by Crippen LogP contribution is 2.17. The number of ether oxygens (including phenoxy) is 2. The molecule has 2 aromatic rings. The molecule has 0 fully saturated rings. The monoisotopic (exact) mass is 289 g/mol. The van der Waals surface area contributed by atoms with Gasteiger partial charge in [-0.1, -0.05) is 24.3 Å². The molecule has 0 aliphatic rings. The Morgan fingerprint density at radius 2 is 1.76 bits per heavy atom. The van der Waals surface area contributed by atoms with Gasteiger partial charge >= 0.3 is 0 Å². The molecule has 4 nitrogen and oxygen atoms in total. The number of hydrogen-bond donors (Lipinski definition) is 1. The Labute approximate surface area is 122 Å². The molecule has 1 amide bonds. The number of carbonyl (C=O) groups excluding carboxylic acids is 1. The summed E-state index contributed by atoms with van der Waals surface area (Å²) in [6.07, 6.45) is 0. The van der Waals surface area contributed by atoms with Gasteiger partial charge in [-0.15, -0.1) is 0 Å². The Hall–Kier alpha value is -2.56. The number of nitrogens with one attached hydrogen (secondary N) is 1. The van der Waals surface area contributed by atoms with Crippen LogP contribution in [0, 0.1) is 5.82 Å². The van der Waals surface area contributed by atoms with Gasteiger partial charge in [-0.25, -0.2) is 4.39 Å². The Bertz CT molecular complexity index is 616. The van der Waals surface area contributed by atoms with E-state index in [9.17, 15) is 9.18 Å². The summed E-state index contributed by atoms with van der Waals surface area (Å²) in [5.74, 6) is -0.00722. The Balaban J connectivity index is 1.83. The van der Waals surface area contributed by atoms with E-state index < -0.39 is 5.82 Å². The van der Waals surface area contributed by atoms with E-state index >= 15 is 0 Å². The third kappa shape index (κ3) is 3.95. The normalized spacial score (nSPS) is 10.0. The van der Waals surface area contributed by atoms with Crippen molar-refractivity contribution < 1.29 is 18.7 Å². The fourth-order valence-corrected chi connectivity index (χ4v) is 1.81. The second kappa shape index (κ2) is 7.28. The highest BCUT2D eigenvalue weighted by atomic mass is 19.1. The average Bonchev–Trinajstić information content (AvgIpc) is 2.52. The number of amides is 1. The van der Waals surface area contributed by atoms with Gasteiger partial charge in [0.1, 0.15) is 12.4 Å². The van der Waals surface area contributed by atoms with Gasteiger partial charge < -0.3 is 14.8 Å². The summed E-state index contributed by atoms with van der Waals surface area (Å²) in [6, 6.07) is 13.1. The molecular weight excluding hydrogens is 273 g/mol. The quantitative estimate of drug-likeness (QED) is 0.832. The molecule has 0 spiro atoms. The van der Waals surface area contributed by atoms with E-state index in [2.05, 4.69) is 5.32 Å². The Kier molecular flexibility index (Phi) is 5.15. The maximum atomic E-state index is 13.3. The van der Waals surface area contributed by atoms with Gasteiger partial charge in [0.2, 0.25) is 0 Å². The lowest BCUT2D eigenvalue weighted by atomic mass is 10.2. The van der Waals surface area contributed by atoms with Crippen molar-refractivity contribution >= 4 is 5.91 Å². The topological polar surface area (TPSA) is 47.6 Å². The average molecular weight is 289 g/mol. The number of hydrogen-bond acceptors (Lipinski definition) is 3. The van der Waals surface area contributed by atoms with Crippen molar-refractivity contribution in [3.63, 3.8) is 0 Å². The zero-order valence-corrected chi connectivity index (χ0v) is 11.6. The number of carbonyl (C=O) groups is 1. The molecule has 0 aliphatic heterocycles. The first-order valence-electron chi connectivity index (χ1n) is 6.51. The van der Waals surface area contributed by atoms with Crippen molar-refractivity contribution in [1.82, 2.24) is 5.32 Å². The maximum absolute atomic E-state index is 13.3. The van der Waals surface area contributed by atoms with E-state index in [1.807, 2.05) is 0 Å². The standard InChI is InChI=1S/C16H16FNO3/c1-20-14-8-4-2-6-12(14)16(19)18-10-11-21-15-9-5-3-7-13(15)17/h2-9H,10-11H2,1H3,(H,18,19). The summed E-state index contributed by atoms with van der Waals surface area (Å²) >= 11 is 0. The van der Waals surface area contributed by atoms with Crippen LogP contribution in [0.1, 0.15) is 10.4 Å². The van der Waals surface area contributed by atoms with Crippen LogP contribution in [-0.4, -0.2) is 26.2 Å². The van der Waals surface area contributed by atoms with E-state index in [4.69, 9.17) is 9.47 Å². The lowest BCUT2D eigenvalue weighted by Gasteiger charge is -2.10. The van der Waals surface area contributed by atoms with Crippen LogP contribution in [0.25, 0.3) is 0 Å². The molecule has 0 heterocycles. The molecule has 0 unspecified atom stereocenters. The summed E-state index contributed by atoms with van der Waals surface area (Å²) in [6.45, 7) is 0.451. The van der Waals surface area contributed by atoms with E-state index in [0.29, 0.717) is 11.3 Å². The summed E-state index contributed by atoms with van der Waals surface area (Å²) in [7, 11) is 1.51. The molecule has 0 radical (unpaired) electrons. The largest absolute Gasteiger partial charge is 0.496 e. The molecule has 110 valence electrons. The van der Waals surface area contributed by atoms with Crippen LogP contribution in [0.4, 0.5) is 4.39 Å². The molecule has 21 heavy (non-hydrogen) atoms. The zero-order valence-electron chi connectivity index (χ0n) is 11.6. The van der Waals surface area contributed by atoms with Gasteiger partial charge in [0.15, 0.2) is 11.6 Å². The first-order valence-corrected chi connectivity index (χ1v) is 6.51. The summed E-state index contributed by atoms with van der Waals surface area (Å²) in [5.41, 5.74) is 0.450. The van der Waals surface area contributed by atoms with Crippen molar-refractivity contribution in [3.8, 4) is 11.5 Å². The lowest BCUT2D eigenvalue weighted by molar-refractivity contribution is 0.0943. The fraction of sp³-hybridized carbons (Fsp3) is 0.188. The predicted octanol–water partition coefficient (Wildman–Crippen LogP) is 2.64. The highest BCUT2D eigenvalue weighted by molar-refractivity contribution is 5.96. The molecule has 0 bridgehead atoms. The predicted molar refractivity (Wildman–Crippen MR) is 77.2 cm³/mol. The highest BCUT2D eigenvalue weighted by Gasteiger charge is 2.10. The summed E-state index contributed by atoms with van der Waals surface area (Å²) in [5, 5.41) is 2.70. The summed E-state index contributed by atoms with van der Waals surface area (Å²) in [4.78, 5) is 12.0. The Morgan fingerprint density at radius 1 is 1.10 bits per heavy atom. The van der Waals surface area contributed by atoms with Crippen LogP contribution >= 0.6 is 0 Å². The van der Waals surface area contributed by atoms with Crippen molar-refractivity contribution in [2.24, 2.45) is 0 Å². The smallest absolute Gasteiger partial charge is 0.255 e. The van der Waals surface area contributed by atoms with Gasteiger partial charge in [-0.2, -0.15) is 0 Å². The van der Waals surface area contributed by atoms with Crippen molar-refractivity contribution in [3.05, 3.63) is 59.9 Å². The van der Waals surface area contributed by atoms with Gasteiger partial charge in [-0.3, -0.25) is 4.79 Å². The van der Waals surface area contributed by atoms with Gasteiger partial charge in [-0.05, 0) is 24.3 Å². The molecule has 2 rings (SSSR count). The first-order chi connectivity index (χ1) is 10.2. The van der Waals surface area contributed by atoms with Gasteiger partial charge in [0.25, 0.3) is 5.91 Å². The number of benzene rings is 2. The second-order valence-electron chi connectivity index (χ2n) is 4.24. The molecule has 0 aliphatic carbocycles. The number of para-hydroxylation sites is 2. The van der Waals surface area contributed by atoms with E-state index in [1.54, 1.807) is 36.4 Å². The zero-order chi connectivity index (χ0) is 15.1. The minimum absolute atomic E-state index is 0.170. The summed E-state index contributed by atoms with van der Waals surface area (Å²) < 4.78 is 23.7. The van der Waals surface area contributed by atoms with E-state index in [1.165, 1.54) is 19.2 Å². The van der Waals surface area contributed by atoms with Crippen LogP contribution in [0.2, 0.25) is 0 Å². The number of methoxy groups -OCH3 is 1. The first kappa shape index (κ1) is 14.8. The second-order valence-corrected chi connectivity index (χ2v) is 4.24. The minimum Gasteiger partial charge on any atom is -0.496 e. The molecule has 2 aromatic carbocycles. The van der Waals surface area contributed by atoms with Crippen LogP contribution < -0.4 is 14.8 Å². The van der Waals surface area contributed by atoms with Crippen LogP contribution in [0.5, 0.6) is 11.5 Å². The molecule has 0 aromatic heterocycles. The fourth-order valence-electron chi connectivity index (χ4n) is 1.81. The lowest BCUT2D eigenvalue weighted by Crippen LogP contribution is -2.28. The molecule has 0 saturated carbocycles. The van der Waals surface area contributed by atoms with Crippen molar-refractivity contribution in [1.29, 1.82) is 0 Å². The van der Waals surface area contributed by atoms with E-state index in [-0.39, 0.29) is 24.8 Å². The SMILES string of the molecule is COc1ccccc1C(=O)NCCOc1ccccc1F. The minimum atomic E-state index is -0.423. The van der Waals surface area contributed by atoms with Crippen molar-refractivity contribution in [2.45, 2.75) is 0 Å². The van der Waals surface area contributed by atoms with Gasteiger partial charge in [0.05, 0.1) is 19.2 Å². The number of halogens is 1. The van der Waals surface area contributed by atoms with Crippen LogP contribution in [0.15, 0.2) is 48.5 Å². The molecule has 0 saturated heterocycles. The maximum Gasteiger partial charge on any atom is 0.255 e. The molecule has 5 heteroatoms. The van der Waals surface area contributed by atoms with E-state index in [0.717, 1.165) is 0 Å². The van der Waals surface area contributed by atoms with Crippen molar-refractivity contribution in [2.75, 3.05) is 20.3 Å². The molecule has 1 N–H and O–H groups in total. The van der Waals surface area contributed by atoms with Crippen LogP contribution in [-0.2, 0) is 0 Å². The molecular formula is C16H16FNO3. The van der Waals surface area contributed by atoms with Crippen LogP contribution in [0.3, 0.4) is 0 Å². The number of rotatable bonds is 6. The molecule has 0 atom stereocenters. The Morgan fingerprint density at radius 3 is 2.48 bits per heavy atom.